The van der Waals surface area contributed by atoms with Gasteiger partial charge in [0.15, 0.2) is 0 Å². The molecular weight excluding hydrogens is 458 g/mol. The molecule has 1 aliphatic heterocycles. The first kappa shape index (κ1) is 25.4. The van der Waals surface area contributed by atoms with E-state index in [4.69, 9.17) is 4.74 Å². The Morgan fingerprint density at radius 2 is 1.85 bits per heavy atom. The van der Waals surface area contributed by atoms with Gasteiger partial charge in [0.25, 0.3) is 0 Å². The molecule has 2 atom stereocenters. The lowest BCUT2D eigenvalue weighted by Crippen LogP contribution is -2.63. The van der Waals surface area contributed by atoms with Crippen LogP contribution in [-0.2, 0) is 4.79 Å². The average molecular weight is 484 g/mol. The van der Waals surface area contributed by atoms with Gasteiger partial charge in [0, 0.05) is 30.5 Å². The van der Waals surface area contributed by atoms with Crippen molar-refractivity contribution in [2.75, 3.05) is 19.7 Å². The second-order valence-corrected chi connectivity index (χ2v) is 8.92. The Morgan fingerprint density at radius 1 is 1.18 bits per heavy atom. The summed E-state index contributed by atoms with van der Waals surface area (Å²) >= 11 is 0. The van der Waals surface area contributed by atoms with Crippen LogP contribution < -0.4 is 9.47 Å². The number of nitrogens with zero attached hydrogens (tertiary/aromatic N) is 2. The van der Waals surface area contributed by atoms with E-state index in [0.29, 0.717) is 12.8 Å². The molecule has 1 saturated carbocycles. The van der Waals surface area contributed by atoms with Crippen molar-refractivity contribution in [3.63, 3.8) is 0 Å². The second-order valence-electron chi connectivity index (χ2n) is 8.92. The summed E-state index contributed by atoms with van der Waals surface area (Å²) in [5.74, 6) is -2.33. The van der Waals surface area contributed by atoms with Gasteiger partial charge in [-0.05, 0) is 25.3 Å². The van der Waals surface area contributed by atoms with Crippen LogP contribution in [0.25, 0.3) is 0 Å². The highest BCUT2D eigenvalue weighted by atomic mass is 19.4. The third-order valence-electron chi connectivity index (χ3n) is 6.51. The van der Waals surface area contributed by atoms with E-state index in [-0.39, 0.29) is 32.0 Å². The molecular formula is C21H26F6N2O4. The minimum Gasteiger partial charge on any atom is -0.475 e. The summed E-state index contributed by atoms with van der Waals surface area (Å²) in [6.45, 7) is 1.24. The highest BCUT2D eigenvalue weighted by Crippen LogP contribution is 2.51. The number of likely N-dealkylation sites (tertiary alicyclic amines) is 1. The fourth-order valence-electron chi connectivity index (χ4n) is 4.85. The van der Waals surface area contributed by atoms with E-state index in [1.807, 2.05) is 0 Å². The van der Waals surface area contributed by atoms with Gasteiger partial charge in [-0.3, -0.25) is 4.79 Å². The van der Waals surface area contributed by atoms with Crippen molar-refractivity contribution in [2.24, 2.45) is 11.3 Å². The number of halogens is 6. The number of aliphatic hydroxyl groups is 1. The van der Waals surface area contributed by atoms with E-state index >= 15 is 0 Å². The van der Waals surface area contributed by atoms with Crippen LogP contribution in [0.15, 0.2) is 18.3 Å². The van der Waals surface area contributed by atoms with Crippen LogP contribution in [0.1, 0.15) is 45.4 Å². The van der Waals surface area contributed by atoms with Crippen molar-refractivity contribution in [2.45, 2.75) is 63.6 Å². The van der Waals surface area contributed by atoms with Crippen molar-refractivity contribution in [3.05, 3.63) is 18.3 Å². The zero-order valence-corrected chi connectivity index (χ0v) is 18.0. The molecule has 0 bridgehead atoms. The van der Waals surface area contributed by atoms with Crippen molar-refractivity contribution >= 4 is 5.91 Å². The molecule has 186 valence electrons. The standard InChI is InChI=1S/C21H26F6N2O4/c1-14(10-20(22,23)24)17(30)29-9-8-19(31,18(12-29)6-2-3-7-18)13-32-16-5-4-15(11-28-16)33-21(25,26)27/h4-5,11,14,31H,2-3,6-10,12-13H2,1H3/t14-,19?/m1/s1. The molecule has 1 N–H and O–H groups in total. The third kappa shape index (κ3) is 6.21. The SMILES string of the molecule is C[C@H](CC(F)(F)F)C(=O)N1CCC(O)(COc2ccc(OC(F)(F)F)cn2)C2(CCCC2)C1. The summed E-state index contributed by atoms with van der Waals surface area (Å²) in [5, 5.41) is 11.5. The molecule has 12 heteroatoms. The van der Waals surface area contributed by atoms with E-state index in [0.717, 1.165) is 25.1 Å². The molecule has 1 aromatic heterocycles. The fraction of sp³-hybridized carbons (Fsp3) is 0.714. The molecule has 2 heterocycles. The van der Waals surface area contributed by atoms with Crippen molar-refractivity contribution in [1.29, 1.82) is 0 Å². The molecule has 1 saturated heterocycles. The van der Waals surface area contributed by atoms with E-state index in [1.54, 1.807) is 0 Å². The van der Waals surface area contributed by atoms with E-state index in [9.17, 15) is 36.2 Å². The molecule has 1 unspecified atom stereocenters. The molecule has 3 rings (SSSR count). The number of carbonyl (C=O) groups is 1. The smallest absolute Gasteiger partial charge is 0.475 e. The first-order chi connectivity index (χ1) is 15.2. The number of pyridine rings is 1. The Bertz CT molecular complexity index is 824. The Kier molecular flexibility index (Phi) is 7.07. The van der Waals surface area contributed by atoms with Gasteiger partial charge in [0.2, 0.25) is 11.8 Å². The number of hydrogen-bond donors (Lipinski definition) is 1. The van der Waals surface area contributed by atoms with Gasteiger partial charge in [-0.25, -0.2) is 4.98 Å². The maximum atomic E-state index is 12.7. The first-order valence-electron chi connectivity index (χ1n) is 10.6. The molecule has 1 aromatic rings. The van der Waals surface area contributed by atoms with Crippen LogP contribution in [0.3, 0.4) is 0 Å². The molecule has 33 heavy (non-hydrogen) atoms. The highest BCUT2D eigenvalue weighted by molar-refractivity contribution is 5.78. The van der Waals surface area contributed by atoms with Crippen LogP contribution in [0.5, 0.6) is 11.6 Å². The molecule has 2 aliphatic rings. The molecule has 6 nitrogen and oxygen atoms in total. The largest absolute Gasteiger partial charge is 0.573 e. The number of piperidine rings is 1. The zero-order valence-electron chi connectivity index (χ0n) is 18.0. The van der Waals surface area contributed by atoms with Crippen LogP contribution in [0.2, 0.25) is 0 Å². The zero-order chi connectivity index (χ0) is 24.5. The lowest BCUT2D eigenvalue weighted by Gasteiger charge is -2.52. The number of carbonyl (C=O) groups excluding carboxylic acids is 1. The third-order valence-corrected chi connectivity index (χ3v) is 6.51. The molecule has 2 fully saturated rings. The van der Waals surface area contributed by atoms with Crippen molar-refractivity contribution < 1.29 is 45.7 Å². The fourth-order valence-corrected chi connectivity index (χ4v) is 4.85. The molecule has 1 amide bonds. The maximum Gasteiger partial charge on any atom is 0.573 e. The topological polar surface area (TPSA) is 71.9 Å². The predicted molar refractivity (Wildman–Crippen MR) is 103 cm³/mol. The monoisotopic (exact) mass is 484 g/mol. The van der Waals surface area contributed by atoms with Crippen LogP contribution >= 0.6 is 0 Å². The maximum absolute atomic E-state index is 12.7. The number of aromatic nitrogens is 1. The summed E-state index contributed by atoms with van der Waals surface area (Å²) in [6.07, 6.45) is -6.80. The number of ether oxygens (including phenoxy) is 2. The van der Waals surface area contributed by atoms with Crippen molar-refractivity contribution in [3.8, 4) is 11.6 Å². The molecule has 0 aromatic carbocycles. The summed E-state index contributed by atoms with van der Waals surface area (Å²) in [4.78, 5) is 17.8. The van der Waals surface area contributed by atoms with Crippen molar-refractivity contribution in [1.82, 2.24) is 9.88 Å². The molecule has 0 radical (unpaired) electrons. The van der Waals surface area contributed by atoms with Gasteiger partial charge in [0.1, 0.15) is 18.0 Å². The quantitative estimate of drug-likeness (QED) is 0.604. The molecule has 1 spiro atoms. The Morgan fingerprint density at radius 3 is 2.39 bits per heavy atom. The predicted octanol–water partition coefficient (Wildman–Crippen LogP) is 4.47. The normalized spacial score (nSPS) is 24.1. The van der Waals surface area contributed by atoms with Crippen LogP contribution in [-0.4, -0.2) is 58.7 Å². The summed E-state index contributed by atoms with van der Waals surface area (Å²) < 4.78 is 84.3. The van der Waals surface area contributed by atoms with Gasteiger partial charge in [-0.1, -0.05) is 19.8 Å². The van der Waals surface area contributed by atoms with Gasteiger partial charge < -0.3 is 19.5 Å². The number of rotatable bonds is 6. The second kappa shape index (κ2) is 9.19. The van der Waals surface area contributed by atoms with E-state index in [2.05, 4.69) is 9.72 Å². The van der Waals surface area contributed by atoms with E-state index < -0.39 is 47.6 Å². The Hall–Kier alpha value is -2.24. The van der Waals surface area contributed by atoms with Crippen LogP contribution in [0.4, 0.5) is 26.3 Å². The summed E-state index contributed by atoms with van der Waals surface area (Å²) in [6, 6.07) is 2.22. The van der Waals surface area contributed by atoms with Crippen LogP contribution in [0, 0.1) is 11.3 Å². The van der Waals surface area contributed by atoms with Gasteiger partial charge in [-0.15, -0.1) is 13.2 Å². The lowest BCUT2D eigenvalue weighted by molar-refractivity contribution is -0.274. The minimum absolute atomic E-state index is 0.0107. The number of amides is 1. The average Bonchev–Trinajstić information content (AvgIpc) is 3.17. The Labute approximate surface area is 186 Å². The van der Waals surface area contributed by atoms with Gasteiger partial charge in [0.05, 0.1) is 12.6 Å². The summed E-state index contributed by atoms with van der Waals surface area (Å²) in [7, 11) is 0. The lowest BCUT2D eigenvalue weighted by atomic mass is 9.66. The van der Waals surface area contributed by atoms with Gasteiger partial charge in [-0.2, -0.15) is 13.2 Å². The van der Waals surface area contributed by atoms with E-state index in [1.165, 1.54) is 17.9 Å². The first-order valence-corrected chi connectivity index (χ1v) is 10.6. The summed E-state index contributed by atoms with van der Waals surface area (Å²) in [5.41, 5.74) is -2.10. The minimum atomic E-state index is -4.85. The Balaban J connectivity index is 1.67. The van der Waals surface area contributed by atoms with Gasteiger partial charge >= 0.3 is 12.5 Å². The highest BCUT2D eigenvalue weighted by Gasteiger charge is 2.56. The molecule has 1 aliphatic carbocycles. The number of hydrogen-bond acceptors (Lipinski definition) is 5. The number of alkyl halides is 6.